The van der Waals surface area contributed by atoms with E-state index in [1.54, 1.807) is 6.07 Å². The zero-order valence-electron chi connectivity index (χ0n) is 10.3. The summed E-state index contributed by atoms with van der Waals surface area (Å²) in [4.78, 5) is 12.8. The quantitative estimate of drug-likeness (QED) is 0.649. The third-order valence-corrected chi connectivity index (χ3v) is 2.91. The highest BCUT2D eigenvalue weighted by Crippen LogP contribution is 2.12. The van der Waals surface area contributed by atoms with Crippen molar-refractivity contribution in [2.45, 2.75) is 11.3 Å². The van der Waals surface area contributed by atoms with Gasteiger partial charge in [-0.15, -0.1) is 19.1 Å². The highest BCUT2D eigenvalue weighted by molar-refractivity contribution is 7.80. The molecule has 94 valence electrons. The number of thiol groups is 1. The van der Waals surface area contributed by atoms with Crippen molar-refractivity contribution in [2.75, 3.05) is 5.32 Å². The van der Waals surface area contributed by atoms with Crippen molar-refractivity contribution in [1.82, 2.24) is 0 Å². The second kappa shape index (κ2) is 6.12. The molecule has 2 nitrogen and oxygen atoms in total. The number of rotatable bonds is 3. The Hall–Kier alpha value is -2.18. The van der Waals surface area contributed by atoms with Crippen LogP contribution in [0.2, 0.25) is 0 Å². The van der Waals surface area contributed by atoms with E-state index in [1.165, 1.54) is 0 Å². The maximum Gasteiger partial charge on any atom is 0.228 e. The first kappa shape index (κ1) is 13.3. The molecule has 0 aliphatic heterocycles. The third-order valence-electron chi connectivity index (χ3n) is 2.61. The van der Waals surface area contributed by atoms with Crippen molar-refractivity contribution in [3.05, 3.63) is 59.7 Å². The molecule has 2 aromatic carbocycles. The van der Waals surface area contributed by atoms with Crippen molar-refractivity contribution in [3.63, 3.8) is 0 Å². The first-order valence-electron chi connectivity index (χ1n) is 5.82. The molecule has 0 aliphatic carbocycles. The molecule has 0 aromatic heterocycles. The molecular weight excluding hydrogens is 254 g/mol. The molecule has 2 rings (SSSR count). The Morgan fingerprint density at radius 3 is 2.63 bits per heavy atom. The van der Waals surface area contributed by atoms with Gasteiger partial charge in [0.2, 0.25) is 5.91 Å². The first-order valence-corrected chi connectivity index (χ1v) is 6.26. The van der Waals surface area contributed by atoms with E-state index >= 15 is 0 Å². The van der Waals surface area contributed by atoms with Crippen molar-refractivity contribution in [3.8, 4) is 12.3 Å². The van der Waals surface area contributed by atoms with E-state index < -0.39 is 0 Å². The van der Waals surface area contributed by atoms with Crippen LogP contribution in [0, 0.1) is 12.3 Å². The normalized spacial score (nSPS) is 9.68. The predicted molar refractivity (Wildman–Crippen MR) is 80.4 cm³/mol. The van der Waals surface area contributed by atoms with Crippen molar-refractivity contribution in [2.24, 2.45) is 0 Å². The molecule has 0 fully saturated rings. The molecular formula is C16H13NOS. The Labute approximate surface area is 118 Å². The monoisotopic (exact) mass is 267 g/mol. The van der Waals surface area contributed by atoms with Gasteiger partial charge >= 0.3 is 0 Å². The molecule has 0 unspecified atom stereocenters. The molecule has 3 heteroatoms. The van der Waals surface area contributed by atoms with Crippen LogP contribution in [0.1, 0.15) is 11.1 Å². The molecule has 0 spiro atoms. The zero-order valence-corrected chi connectivity index (χ0v) is 11.2. The van der Waals surface area contributed by atoms with E-state index in [2.05, 4.69) is 23.9 Å². The van der Waals surface area contributed by atoms with Gasteiger partial charge in [0, 0.05) is 16.1 Å². The molecule has 19 heavy (non-hydrogen) atoms. The lowest BCUT2D eigenvalue weighted by molar-refractivity contribution is -0.115. The Bertz CT molecular complexity index is 626. The van der Waals surface area contributed by atoms with Crippen LogP contribution in [0.15, 0.2) is 53.4 Å². The maximum atomic E-state index is 11.9. The summed E-state index contributed by atoms with van der Waals surface area (Å²) in [6.45, 7) is 0. The Morgan fingerprint density at radius 1 is 1.21 bits per heavy atom. The minimum atomic E-state index is -0.0684. The van der Waals surface area contributed by atoms with E-state index in [0.717, 1.165) is 16.0 Å². The number of carbonyl (C=O) groups is 1. The Kier molecular flexibility index (Phi) is 4.27. The summed E-state index contributed by atoms with van der Waals surface area (Å²) in [5.41, 5.74) is 2.41. The van der Waals surface area contributed by atoms with Gasteiger partial charge in [-0.2, -0.15) is 0 Å². The number of anilines is 1. The summed E-state index contributed by atoms with van der Waals surface area (Å²) in [6.07, 6.45) is 5.65. The molecule has 0 saturated heterocycles. The number of hydrogen-bond acceptors (Lipinski definition) is 2. The van der Waals surface area contributed by atoms with Crippen LogP contribution < -0.4 is 5.32 Å². The number of benzene rings is 2. The Morgan fingerprint density at radius 2 is 1.95 bits per heavy atom. The minimum absolute atomic E-state index is 0.0684. The van der Waals surface area contributed by atoms with Gasteiger partial charge in [-0.05, 0) is 35.9 Å². The van der Waals surface area contributed by atoms with E-state index in [4.69, 9.17) is 6.42 Å². The fourth-order valence-corrected chi connectivity index (χ4v) is 1.84. The summed E-state index contributed by atoms with van der Waals surface area (Å²) in [6, 6.07) is 14.7. The van der Waals surface area contributed by atoms with Gasteiger partial charge in [0.1, 0.15) is 0 Å². The van der Waals surface area contributed by atoms with Crippen molar-refractivity contribution < 1.29 is 4.79 Å². The van der Waals surface area contributed by atoms with E-state index in [-0.39, 0.29) is 5.91 Å². The van der Waals surface area contributed by atoms with Gasteiger partial charge < -0.3 is 5.32 Å². The summed E-state index contributed by atoms with van der Waals surface area (Å²) in [7, 11) is 0. The van der Waals surface area contributed by atoms with E-state index in [0.29, 0.717) is 12.1 Å². The number of hydrogen-bond donors (Lipinski definition) is 2. The van der Waals surface area contributed by atoms with Gasteiger partial charge in [0.15, 0.2) is 0 Å². The standard InChI is InChI=1S/C16H13NOS/c1-2-12-4-3-5-14(10-12)17-16(18)11-13-6-8-15(19)9-7-13/h1,3-10,19H,11H2,(H,17,18). The lowest BCUT2D eigenvalue weighted by Gasteiger charge is -2.06. The third kappa shape index (κ3) is 3.90. The predicted octanol–water partition coefficient (Wildman–Crippen LogP) is 3.14. The van der Waals surface area contributed by atoms with Gasteiger partial charge in [0.25, 0.3) is 0 Å². The number of terminal acetylenes is 1. The lowest BCUT2D eigenvalue weighted by atomic mass is 10.1. The van der Waals surface area contributed by atoms with Crippen LogP contribution in [-0.4, -0.2) is 5.91 Å². The highest BCUT2D eigenvalue weighted by atomic mass is 32.1. The van der Waals surface area contributed by atoms with Crippen LogP contribution in [0.5, 0.6) is 0 Å². The first-order chi connectivity index (χ1) is 9.17. The molecule has 2 aromatic rings. The zero-order chi connectivity index (χ0) is 13.7. The van der Waals surface area contributed by atoms with E-state index in [9.17, 15) is 4.79 Å². The lowest BCUT2D eigenvalue weighted by Crippen LogP contribution is -2.14. The van der Waals surface area contributed by atoms with Crippen LogP contribution in [0.4, 0.5) is 5.69 Å². The second-order valence-corrected chi connectivity index (χ2v) is 4.63. The summed E-state index contributed by atoms with van der Waals surface area (Å²) >= 11 is 4.21. The van der Waals surface area contributed by atoms with Gasteiger partial charge in [-0.25, -0.2) is 0 Å². The summed E-state index contributed by atoms with van der Waals surface area (Å²) in [5, 5.41) is 2.83. The average Bonchev–Trinajstić information content (AvgIpc) is 2.41. The number of amides is 1. The van der Waals surface area contributed by atoms with Gasteiger partial charge in [-0.3, -0.25) is 4.79 Å². The molecule has 0 heterocycles. The Balaban J connectivity index is 2.01. The molecule has 0 saturated carbocycles. The topological polar surface area (TPSA) is 29.1 Å². The van der Waals surface area contributed by atoms with E-state index in [1.807, 2.05) is 42.5 Å². The number of nitrogens with one attached hydrogen (secondary N) is 1. The summed E-state index contributed by atoms with van der Waals surface area (Å²) in [5.74, 6) is 2.47. The molecule has 1 amide bonds. The smallest absolute Gasteiger partial charge is 0.228 e. The van der Waals surface area contributed by atoms with Crippen LogP contribution in [0.25, 0.3) is 0 Å². The van der Waals surface area contributed by atoms with Crippen molar-refractivity contribution >= 4 is 24.2 Å². The molecule has 1 N–H and O–H groups in total. The summed E-state index contributed by atoms with van der Waals surface area (Å²) < 4.78 is 0. The van der Waals surface area contributed by atoms with Crippen molar-refractivity contribution in [1.29, 1.82) is 0 Å². The van der Waals surface area contributed by atoms with Gasteiger partial charge in [-0.1, -0.05) is 24.1 Å². The highest BCUT2D eigenvalue weighted by Gasteiger charge is 2.04. The minimum Gasteiger partial charge on any atom is -0.326 e. The molecule has 0 atom stereocenters. The van der Waals surface area contributed by atoms with Crippen LogP contribution in [-0.2, 0) is 11.2 Å². The average molecular weight is 267 g/mol. The van der Waals surface area contributed by atoms with Crippen LogP contribution >= 0.6 is 12.6 Å². The SMILES string of the molecule is C#Cc1cccc(NC(=O)Cc2ccc(S)cc2)c1. The fraction of sp³-hybridized carbons (Fsp3) is 0.0625. The molecule has 0 radical (unpaired) electrons. The number of carbonyl (C=O) groups excluding carboxylic acids is 1. The second-order valence-electron chi connectivity index (χ2n) is 4.12. The van der Waals surface area contributed by atoms with Crippen LogP contribution in [0.3, 0.4) is 0 Å². The largest absolute Gasteiger partial charge is 0.326 e. The fourth-order valence-electron chi connectivity index (χ4n) is 1.69. The molecule has 0 bridgehead atoms. The maximum absolute atomic E-state index is 11.9. The molecule has 0 aliphatic rings. The van der Waals surface area contributed by atoms with Gasteiger partial charge in [0.05, 0.1) is 6.42 Å².